The molecular weight excluding hydrogens is 438 g/mol. The molecule has 0 spiro atoms. The Balaban J connectivity index is 1.96. The van der Waals surface area contributed by atoms with Crippen LogP contribution in [0.2, 0.25) is 0 Å². The number of methoxy groups -OCH3 is 1. The minimum Gasteiger partial charge on any atom is -0.496 e. The molecule has 3 rings (SSSR count). The van der Waals surface area contributed by atoms with Crippen LogP contribution in [-0.2, 0) is 12.4 Å². The highest BCUT2D eigenvalue weighted by Crippen LogP contribution is 2.40. The number of aliphatic imine (C=N–C) groups is 1. The molecule has 1 aliphatic heterocycles. The minimum atomic E-state index is -5.04. The SMILES string of the molecule is CN=C(Nc1ncc(C(F)(F)F)cc1C(F)(F)F)N1CCCC1c1cccc(OC)c1C. The van der Waals surface area contributed by atoms with Gasteiger partial charge in [-0.3, -0.25) is 4.99 Å². The van der Waals surface area contributed by atoms with Gasteiger partial charge < -0.3 is 15.0 Å². The van der Waals surface area contributed by atoms with Gasteiger partial charge >= 0.3 is 12.4 Å². The molecule has 0 radical (unpaired) electrons. The summed E-state index contributed by atoms with van der Waals surface area (Å²) < 4.78 is 84.7. The Labute approximate surface area is 181 Å². The van der Waals surface area contributed by atoms with Gasteiger partial charge in [0, 0.05) is 19.8 Å². The number of hydrogen-bond donors (Lipinski definition) is 1. The quantitative estimate of drug-likeness (QED) is 0.364. The Hall–Kier alpha value is -2.98. The summed E-state index contributed by atoms with van der Waals surface area (Å²) in [4.78, 5) is 9.31. The highest BCUT2D eigenvalue weighted by Gasteiger charge is 2.40. The van der Waals surface area contributed by atoms with Crippen molar-refractivity contribution in [3.63, 3.8) is 0 Å². The van der Waals surface area contributed by atoms with Gasteiger partial charge in [-0.1, -0.05) is 12.1 Å². The molecule has 0 amide bonds. The maximum atomic E-state index is 13.5. The minimum absolute atomic E-state index is 0.0519. The fourth-order valence-corrected chi connectivity index (χ4v) is 3.85. The first-order valence-corrected chi connectivity index (χ1v) is 9.75. The zero-order valence-corrected chi connectivity index (χ0v) is 17.6. The molecule has 1 aliphatic rings. The number of ether oxygens (including phenoxy) is 1. The molecule has 1 atom stereocenters. The van der Waals surface area contributed by atoms with Crippen molar-refractivity contribution in [2.45, 2.75) is 38.2 Å². The van der Waals surface area contributed by atoms with Gasteiger partial charge in [0.25, 0.3) is 0 Å². The molecule has 0 aliphatic carbocycles. The van der Waals surface area contributed by atoms with Crippen LogP contribution in [0.1, 0.15) is 41.1 Å². The van der Waals surface area contributed by atoms with Gasteiger partial charge in [-0.05, 0) is 43.0 Å². The number of nitrogens with one attached hydrogen (secondary N) is 1. The smallest absolute Gasteiger partial charge is 0.419 e. The number of pyridine rings is 1. The van der Waals surface area contributed by atoms with Crippen LogP contribution >= 0.6 is 0 Å². The van der Waals surface area contributed by atoms with Crippen molar-refractivity contribution in [1.82, 2.24) is 9.88 Å². The lowest BCUT2D eigenvalue weighted by Gasteiger charge is -2.30. The molecular formula is C21H22F6N4O. The molecule has 0 saturated carbocycles. The lowest BCUT2D eigenvalue weighted by Crippen LogP contribution is -2.37. The third-order valence-electron chi connectivity index (χ3n) is 5.39. The molecule has 174 valence electrons. The van der Waals surface area contributed by atoms with E-state index in [4.69, 9.17) is 4.74 Å². The van der Waals surface area contributed by atoms with Crippen LogP contribution < -0.4 is 10.1 Å². The van der Waals surface area contributed by atoms with Crippen molar-refractivity contribution in [1.29, 1.82) is 0 Å². The number of aromatic nitrogens is 1. The molecule has 0 bridgehead atoms. The largest absolute Gasteiger partial charge is 0.496 e. The number of guanidine groups is 1. The second-order valence-electron chi connectivity index (χ2n) is 7.31. The molecule has 1 unspecified atom stereocenters. The van der Waals surface area contributed by atoms with Crippen LogP contribution in [0.5, 0.6) is 5.75 Å². The summed E-state index contributed by atoms with van der Waals surface area (Å²) in [6, 6.07) is 5.40. The lowest BCUT2D eigenvalue weighted by atomic mass is 9.98. The molecule has 32 heavy (non-hydrogen) atoms. The average molecular weight is 460 g/mol. The van der Waals surface area contributed by atoms with Crippen LogP contribution in [0.3, 0.4) is 0 Å². The monoisotopic (exact) mass is 460 g/mol. The van der Waals surface area contributed by atoms with E-state index < -0.39 is 29.3 Å². The standard InChI is InChI=1S/C21H22F6N4O/c1-12-14(6-4-8-17(12)32-3)16-7-5-9-31(16)19(28-2)30-18-15(21(25,26)27)10-13(11-29-18)20(22,23)24/h4,6,8,10-11,16H,5,7,9H2,1-3H3,(H,28,29,30). The first-order chi connectivity index (χ1) is 15.0. The van der Waals surface area contributed by atoms with Crippen molar-refractivity contribution in [3.8, 4) is 5.75 Å². The summed E-state index contributed by atoms with van der Waals surface area (Å²) in [6.45, 7) is 2.39. The Kier molecular flexibility index (Phi) is 6.56. The molecule has 1 aromatic carbocycles. The van der Waals surface area contributed by atoms with Crippen molar-refractivity contribution >= 4 is 11.8 Å². The van der Waals surface area contributed by atoms with Gasteiger partial charge in [0.05, 0.1) is 24.3 Å². The highest BCUT2D eigenvalue weighted by molar-refractivity contribution is 5.94. The normalized spacial score (nSPS) is 17.6. The van der Waals surface area contributed by atoms with E-state index in [-0.39, 0.29) is 18.1 Å². The van der Waals surface area contributed by atoms with Gasteiger partial charge in [-0.2, -0.15) is 26.3 Å². The van der Waals surface area contributed by atoms with E-state index in [2.05, 4.69) is 15.3 Å². The predicted octanol–water partition coefficient (Wildman–Crippen LogP) is 5.67. The number of hydrogen-bond acceptors (Lipinski definition) is 3. The summed E-state index contributed by atoms with van der Waals surface area (Å²) in [6.07, 6.45) is -8.13. The molecule has 11 heteroatoms. The number of anilines is 1. The summed E-state index contributed by atoms with van der Waals surface area (Å²) in [5, 5.41) is 2.52. The zero-order chi connectivity index (χ0) is 23.7. The van der Waals surface area contributed by atoms with Gasteiger partial charge in [-0.25, -0.2) is 4.98 Å². The van der Waals surface area contributed by atoms with Gasteiger partial charge in [-0.15, -0.1) is 0 Å². The Morgan fingerprint density at radius 2 is 1.91 bits per heavy atom. The Bertz CT molecular complexity index is 1000. The van der Waals surface area contributed by atoms with Crippen LogP contribution in [0, 0.1) is 6.92 Å². The number of halogens is 6. The topological polar surface area (TPSA) is 49.8 Å². The number of rotatable bonds is 3. The second kappa shape index (κ2) is 8.87. The summed E-state index contributed by atoms with van der Waals surface area (Å²) >= 11 is 0. The molecule has 1 N–H and O–H groups in total. The maximum absolute atomic E-state index is 13.5. The molecule has 1 saturated heterocycles. The van der Waals surface area contributed by atoms with E-state index in [0.29, 0.717) is 18.5 Å². The summed E-state index contributed by atoms with van der Waals surface area (Å²) in [5.74, 6) is 0.0349. The summed E-state index contributed by atoms with van der Waals surface area (Å²) in [5.41, 5.74) is -1.16. The fraction of sp³-hybridized carbons (Fsp3) is 0.429. The molecule has 2 aromatic rings. The maximum Gasteiger partial charge on any atom is 0.419 e. The van der Waals surface area contributed by atoms with E-state index >= 15 is 0 Å². The van der Waals surface area contributed by atoms with E-state index in [1.165, 1.54) is 7.05 Å². The van der Waals surface area contributed by atoms with E-state index in [1.807, 2.05) is 25.1 Å². The van der Waals surface area contributed by atoms with Crippen LogP contribution in [0.4, 0.5) is 32.2 Å². The number of likely N-dealkylation sites (tertiary alicyclic amines) is 1. The van der Waals surface area contributed by atoms with Crippen molar-refractivity contribution in [2.75, 3.05) is 26.0 Å². The van der Waals surface area contributed by atoms with E-state index in [1.54, 1.807) is 12.0 Å². The Morgan fingerprint density at radius 3 is 2.50 bits per heavy atom. The third-order valence-corrected chi connectivity index (χ3v) is 5.39. The first-order valence-electron chi connectivity index (χ1n) is 9.75. The molecule has 5 nitrogen and oxygen atoms in total. The number of benzene rings is 1. The van der Waals surface area contributed by atoms with Gasteiger partial charge in [0.1, 0.15) is 11.6 Å². The van der Waals surface area contributed by atoms with Crippen LogP contribution in [0.15, 0.2) is 35.5 Å². The predicted molar refractivity (Wildman–Crippen MR) is 108 cm³/mol. The highest BCUT2D eigenvalue weighted by atomic mass is 19.4. The van der Waals surface area contributed by atoms with Gasteiger partial charge in [0.15, 0.2) is 5.96 Å². The van der Waals surface area contributed by atoms with Crippen LogP contribution in [0.25, 0.3) is 0 Å². The second-order valence-corrected chi connectivity index (χ2v) is 7.31. The van der Waals surface area contributed by atoms with Gasteiger partial charge in [0.2, 0.25) is 0 Å². The van der Waals surface area contributed by atoms with Crippen molar-refractivity contribution in [2.24, 2.45) is 4.99 Å². The fourth-order valence-electron chi connectivity index (χ4n) is 3.85. The molecule has 1 aromatic heterocycles. The van der Waals surface area contributed by atoms with E-state index in [0.717, 1.165) is 24.0 Å². The lowest BCUT2D eigenvalue weighted by molar-refractivity contribution is -0.143. The molecule has 1 fully saturated rings. The van der Waals surface area contributed by atoms with Crippen LogP contribution in [-0.4, -0.2) is 36.5 Å². The summed E-state index contributed by atoms with van der Waals surface area (Å²) in [7, 11) is 2.95. The number of alkyl halides is 6. The first kappa shape index (κ1) is 23.7. The average Bonchev–Trinajstić information content (AvgIpc) is 3.20. The Morgan fingerprint density at radius 1 is 1.19 bits per heavy atom. The van der Waals surface area contributed by atoms with E-state index in [9.17, 15) is 26.3 Å². The molecule has 2 heterocycles. The number of nitrogens with zero attached hydrogens (tertiary/aromatic N) is 3. The zero-order valence-electron chi connectivity index (χ0n) is 17.6. The van der Waals surface area contributed by atoms with Crippen molar-refractivity contribution in [3.05, 3.63) is 52.7 Å². The third kappa shape index (κ3) is 4.76. The van der Waals surface area contributed by atoms with Crippen molar-refractivity contribution < 1.29 is 31.1 Å².